The lowest BCUT2D eigenvalue weighted by Gasteiger charge is -2.29. The number of carbonyl (C=O) groups is 2. The molecule has 2 N–H and O–H groups in total. The zero-order chi connectivity index (χ0) is 9.14. The van der Waals surface area contributed by atoms with Crippen LogP contribution in [0.1, 0.15) is 19.8 Å². The number of hydrogen-bond acceptors (Lipinski definition) is 3. The van der Waals surface area contributed by atoms with Gasteiger partial charge in [0, 0.05) is 6.42 Å². The Balaban J connectivity index is 2.51. The van der Waals surface area contributed by atoms with Gasteiger partial charge in [0.1, 0.15) is 5.78 Å². The van der Waals surface area contributed by atoms with E-state index in [1.807, 2.05) is 4.90 Å². The van der Waals surface area contributed by atoms with Gasteiger partial charge in [0.2, 0.25) is 5.91 Å². The second-order valence-electron chi connectivity index (χ2n) is 3.19. The summed E-state index contributed by atoms with van der Waals surface area (Å²) in [6, 6.07) is -0.311. The number of piperidine rings is 1. The predicted molar refractivity (Wildman–Crippen MR) is 44.5 cm³/mol. The van der Waals surface area contributed by atoms with Gasteiger partial charge in [-0.05, 0) is 19.9 Å². The summed E-state index contributed by atoms with van der Waals surface area (Å²) in [7, 11) is 0. The summed E-state index contributed by atoms with van der Waals surface area (Å²) >= 11 is 0. The van der Waals surface area contributed by atoms with Crippen LogP contribution in [0.2, 0.25) is 0 Å². The molecule has 1 atom stereocenters. The number of primary amides is 1. The van der Waals surface area contributed by atoms with E-state index in [1.54, 1.807) is 6.92 Å². The smallest absolute Gasteiger partial charge is 0.234 e. The number of likely N-dealkylation sites (tertiary alicyclic amines) is 1. The lowest BCUT2D eigenvalue weighted by molar-refractivity contribution is -0.127. The van der Waals surface area contributed by atoms with Gasteiger partial charge in [-0.2, -0.15) is 0 Å². The summed E-state index contributed by atoms with van der Waals surface area (Å²) in [6.07, 6.45) is 1.48. The lowest BCUT2D eigenvalue weighted by atomic mass is 10.1. The van der Waals surface area contributed by atoms with Crippen molar-refractivity contribution in [2.24, 2.45) is 5.73 Å². The number of nitrogens with two attached hydrogens (primary N) is 1. The Bertz CT molecular complexity index is 201. The number of ketones is 1. The first-order chi connectivity index (χ1) is 5.61. The van der Waals surface area contributed by atoms with Gasteiger partial charge < -0.3 is 5.73 Å². The van der Waals surface area contributed by atoms with Crippen LogP contribution in [0.3, 0.4) is 0 Å². The summed E-state index contributed by atoms with van der Waals surface area (Å²) in [5.41, 5.74) is 5.12. The topological polar surface area (TPSA) is 63.4 Å². The van der Waals surface area contributed by atoms with Gasteiger partial charge in [0.05, 0.1) is 12.6 Å². The van der Waals surface area contributed by atoms with E-state index in [0.29, 0.717) is 13.0 Å². The summed E-state index contributed by atoms with van der Waals surface area (Å²) in [4.78, 5) is 23.6. The van der Waals surface area contributed by atoms with Crippen molar-refractivity contribution in [3.05, 3.63) is 0 Å². The van der Waals surface area contributed by atoms with E-state index in [1.165, 1.54) is 0 Å². The minimum Gasteiger partial charge on any atom is -0.368 e. The summed E-state index contributed by atoms with van der Waals surface area (Å²) in [6.45, 7) is 2.92. The SMILES string of the molecule is CC(C(N)=O)N1CCCC(=O)C1. The molecule has 0 saturated carbocycles. The second kappa shape index (κ2) is 3.67. The molecule has 1 aliphatic rings. The van der Waals surface area contributed by atoms with Crippen molar-refractivity contribution >= 4 is 11.7 Å². The van der Waals surface area contributed by atoms with E-state index < -0.39 is 0 Å². The van der Waals surface area contributed by atoms with E-state index in [9.17, 15) is 9.59 Å². The molecule has 1 heterocycles. The van der Waals surface area contributed by atoms with E-state index >= 15 is 0 Å². The molecule has 4 heteroatoms. The standard InChI is InChI=1S/C8H14N2O2/c1-6(8(9)12)10-4-2-3-7(11)5-10/h6H,2-5H2,1H3,(H2,9,12). The van der Waals surface area contributed by atoms with Gasteiger partial charge in [-0.25, -0.2) is 0 Å². The molecule has 0 aromatic rings. The van der Waals surface area contributed by atoms with Crippen LogP contribution in [0.25, 0.3) is 0 Å². The number of amides is 1. The Hall–Kier alpha value is -0.900. The van der Waals surface area contributed by atoms with Gasteiger partial charge in [-0.1, -0.05) is 0 Å². The van der Waals surface area contributed by atoms with Crippen LogP contribution < -0.4 is 5.73 Å². The summed E-state index contributed by atoms with van der Waals surface area (Å²) in [5.74, 6) is -0.154. The van der Waals surface area contributed by atoms with Gasteiger partial charge in [0.25, 0.3) is 0 Å². The highest BCUT2D eigenvalue weighted by atomic mass is 16.1. The largest absolute Gasteiger partial charge is 0.368 e. The molecule has 0 spiro atoms. The van der Waals surface area contributed by atoms with Crippen LogP contribution >= 0.6 is 0 Å². The summed E-state index contributed by atoms with van der Waals surface area (Å²) < 4.78 is 0. The number of carbonyl (C=O) groups excluding carboxylic acids is 2. The highest BCUT2D eigenvalue weighted by molar-refractivity contribution is 5.83. The third-order valence-electron chi connectivity index (χ3n) is 2.24. The van der Waals surface area contributed by atoms with Crippen molar-refractivity contribution in [3.8, 4) is 0 Å². The fourth-order valence-electron chi connectivity index (χ4n) is 1.37. The van der Waals surface area contributed by atoms with Crippen molar-refractivity contribution in [1.29, 1.82) is 0 Å². The maximum atomic E-state index is 11.0. The normalized spacial score (nSPS) is 22.2. The molecule has 0 radical (unpaired) electrons. The Morgan fingerprint density at radius 3 is 2.83 bits per heavy atom. The van der Waals surface area contributed by atoms with Crippen molar-refractivity contribution in [2.75, 3.05) is 13.1 Å². The fraction of sp³-hybridized carbons (Fsp3) is 0.750. The molecule has 4 nitrogen and oxygen atoms in total. The van der Waals surface area contributed by atoms with E-state index in [0.717, 1.165) is 13.0 Å². The first kappa shape index (κ1) is 9.19. The fourth-order valence-corrected chi connectivity index (χ4v) is 1.37. The van der Waals surface area contributed by atoms with Crippen LogP contribution in [0, 0.1) is 0 Å². The molecule has 0 aromatic heterocycles. The molecule has 0 aromatic carbocycles. The Morgan fingerprint density at radius 2 is 2.33 bits per heavy atom. The molecule has 0 bridgehead atoms. The first-order valence-corrected chi connectivity index (χ1v) is 4.16. The maximum absolute atomic E-state index is 11.0. The molecular formula is C8H14N2O2. The average molecular weight is 170 g/mol. The van der Waals surface area contributed by atoms with Crippen molar-refractivity contribution in [3.63, 3.8) is 0 Å². The first-order valence-electron chi connectivity index (χ1n) is 4.16. The average Bonchev–Trinajstić information content (AvgIpc) is 2.03. The lowest BCUT2D eigenvalue weighted by Crippen LogP contribution is -2.47. The molecule has 1 fully saturated rings. The van der Waals surface area contributed by atoms with Crippen molar-refractivity contribution in [1.82, 2.24) is 4.90 Å². The number of hydrogen-bond donors (Lipinski definition) is 1. The van der Waals surface area contributed by atoms with E-state index in [2.05, 4.69) is 0 Å². The highest BCUT2D eigenvalue weighted by Gasteiger charge is 2.24. The van der Waals surface area contributed by atoms with Crippen LogP contribution in [0.15, 0.2) is 0 Å². The van der Waals surface area contributed by atoms with Crippen LogP contribution in [-0.2, 0) is 9.59 Å². The van der Waals surface area contributed by atoms with Gasteiger partial charge >= 0.3 is 0 Å². The third kappa shape index (κ3) is 2.04. The second-order valence-corrected chi connectivity index (χ2v) is 3.19. The quantitative estimate of drug-likeness (QED) is 0.609. The van der Waals surface area contributed by atoms with Gasteiger partial charge in [-0.15, -0.1) is 0 Å². The number of nitrogens with zero attached hydrogens (tertiary/aromatic N) is 1. The number of rotatable bonds is 2. The zero-order valence-electron chi connectivity index (χ0n) is 7.25. The molecule has 1 rings (SSSR count). The van der Waals surface area contributed by atoms with Crippen LogP contribution in [-0.4, -0.2) is 35.7 Å². The van der Waals surface area contributed by atoms with Gasteiger partial charge in [-0.3, -0.25) is 14.5 Å². The predicted octanol–water partition coefficient (Wildman–Crippen LogP) is -0.475. The zero-order valence-corrected chi connectivity index (χ0v) is 7.25. The third-order valence-corrected chi connectivity index (χ3v) is 2.24. The van der Waals surface area contributed by atoms with E-state index in [4.69, 9.17) is 5.73 Å². The Morgan fingerprint density at radius 1 is 1.67 bits per heavy atom. The van der Waals surface area contributed by atoms with Gasteiger partial charge in [0.15, 0.2) is 0 Å². The van der Waals surface area contributed by atoms with Crippen LogP contribution in [0.5, 0.6) is 0 Å². The molecule has 0 aliphatic carbocycles. The van der Waals surface area contributed by atoms with Crippen molar-refractivity contribution in [2.45, 2.75) is 25.8 Å². The summed E-state index contributed by atoms with van der Waals surface area (Å²) in [5, 5.41) is 0. The molecular weight excluding hydrogens is 156 g/mol. The molecule has 68 valence electrons. The Kier molecular flexibility index (Phi) is 2.81. The molecule has 12 heavy (non-hydrogen) atoms. The minimum atomic E-state index is -0.357. The van der Waals surface area contributed by atoms with Crippen LogP contribution in [0.4, 0.5) is 0 Å². The highest BCUT2D eigenvalue weighted by Crippen LogP contribution is 2.08. The van der Waals surface area contributed by atoms with Crippen molar-refractivity contribution < 1.29 is 9.59 Å². The maximum Gasteiger partial charge on any atom is 0.234 e. The molecule has 1 aliphatic heterocycles. The molecule has 1 amide bonds. The Labute approximate surface area is 71.7 Å². The molecule has 1 saturated heterocycles. The molecule has 1 unspecified atom stereocenters. The minimum absolute atomic E-state index is 0.203. The van der Waals surface area contributed by atoms with E-state index in [-0.39, 0.29) is 17.7 Å². The number of Topliss-reactive ketones (excluding diaryl/α,β-unsaturated/α-hetero) is 1. The monoisotopic (exact) mass is 170 g/mol.